The van der Waals surface area contributed by atoms with Crippen LogP contribution in [0.2, 0.25) is 0 Å². The summed E-state index contributed by atoms with van der Waals surface area (Å²) in [5, 5.41) is 5.95. The lowest BCUT2D eigenvalue weighted by atomic mass is 9.84. The van der Waals surface area contributed by atoms with Gasteiger partial charge in [-0.15, -0.1) is 0 Å². The molecule has 0 bridgehead atoms. The molecule has 0 radical (unpaired) electrons. The molecule has 0 spiro atoms. The Balaban J connectivity index is 1.63. The van der Waals surface area contributed by atoms with E-state index in [1.807, 2.05) is 0 Å². The number of carbonyl (C=O) groups is 2. The van der Waals surface area contributed by atoms with E-state index < -0.39 is 36.1 Å². The second-order valence-electron chi connectivity index (χ2n) is 10.7. The van der Waals surface area contributed by atoms with E-state index >= 15 is 0 Å². The highest BCUT2D eigenvalue weighted by Crippen LogP contribution is 2.30. The number of alkyl halides is 2. The third-order valence-electron chi connectivity index (χ3n) is 6.63. The highest BCUT2D eigenvalue weighted by Gasteiger charge is 2.42. The van der Waals surface area contributed by atoms with Crippen molar-refractivity contribution >= 4 is 12.0 Å². The first-order chi connectivity index (χ1) is 16.4. The number of ether oxygens (including phenoxy) is 2. The molecule has 0 aliphatic carbocycles. The van der Waals surface area contributed by atoms with Crippen LogP contribution < -0.4 is 15.4 Å². The Labute approximate surface area is 206 Å². The topological polar surface area (TPSA) is 79.9 Å². The van der Waals surface area contributed by atoms with E-state index in [0.29, 0.717) is 29.8 Å². The van der Waals surface area contributed by atoms with Gasteiger partial charge in [0.15, 0.2) is 0 Å². The molecule has 2 aliphatic rings. The lowest BCUT2D eigenvalue weighted by Crippen LogP contribution is -2.44. The van der Waals surface area contributed by atoms with Crippen LogP contribution in [0.5, 0.6) is 5.75 Å². The number of piperidine rings is 1. The summed E-state index contributed by atoms with van der Waals surface area (Å²) in [6, 6.07) is 5.70. The molecule has 2 heterocycles. The van der Waals surface area contributed by atoms with Gasteiger partial charge in [-0.1, -0.05) is 19.1 Å². The molecule has 2 fully saturated rings. The van der Waals surface area contributed by atoms with Crippen LogP contribution in [0.3, 0.4) is 0 Å². The molecule has 0 aromatic heterocycles. The summed E-state index contributed by atoms with van der Waals surface area (Å²) in [4.78, 5) is 26.6. The molecule has 9 heteroatoms. The van der Waals surface area contributed by atoms with Gasteiger partial charge in [-0.3, -0.25) is 4.79 Å². The van der Waals surface area contributed by atoms with Crippen molar-refractivity contribution in [3.8, 4) is 5.75 Å². The number of benzene rings is 1. The van der Waals surface area contributed by atoms with E-state index in [-0.39, 0.29) is 13.0 Å². The summed E-state index contributed by atoms with van der Waals surface area (Å²) >= 11 is 0. The lowest BCUT2D eigenvalue weighted by Gasteiger charge is -2.28. The predicted octanol–water partition coefficient (Wildman–Crippen LogP) is 4.52. The van der Waals surface area contributed by atoms with Crippen LogP contribution >= 0.6 is 0 Å². The molecular weight excluding hydrogens is 456 g/mol. The van der Waals surface area contributed by atoms with Crippen LogP contribution in [-0.4, -0.2) is 61.2 Å². The summed E-state index contributed by atoms with van der Waals surface area (Å²) in [5.74, 6) is -1.56. The Bertz CT molecular complexity index is 851. The molecule has 2 saturated heterocycles. The first-order valence-corrected chi connectivity index (χ1v) is 12.5. The van der Waals surface area contributed by atoms with Crippen molar-refractivity contribution in [1.29, 1.82) is 0 Å². The van der Waals surface area contributed by atoms with Crippen molar-refractivity contribution in [3.05, 3.63) is 29.8 Å². The van der Waals surface area contributed by atoms with Gasteiger partial charge >= 0.3 is 6.09 Å². The van der Waals surface area contributed by atoms with Crippen molar-refractivity contribution in [2.45, 2.75) is 70.9 Å². The maximum absolute atomic E-state index is 13.7. The number of amides is 2. The number of rotatable bonds is 8. The maximum Gasteiger partial charge on any atom is 0.408 e. The van der Waals surface area contributed by atoms with Crippen molar-refractivity contribution in [3.63, 3.8) is 0 Å². The number of hydrogen-bond acceptors (Lipinski definition) is 5. The summed E-state index contributed by atoms with van der Waals surface area (Å²) in [6.07, 6.45) is 2.17. The number of likely N-dealkylation sites (tertiary alicyclic amines) is 1. The lowest BCUT2D eigenvalue weighted by molar-refractivity contribution is -0.134. The van der Waals surface area contributed by atoms with Gasteiger partial charge in [-0.2, -0.15) is 0 Å². The predicted molar refractivity (Wildman–Crippen MR) is 130 cm³/mol. The van der Waals surface area contributed by atoms with Crippen LogP contribution in [0.4, 0.5) is 13.6 Å². The average molecular weight is 496 g/mol. The fourth-order valence-corrected chi connectivity index (χ4v) is 4.59. The molecule has 7 nitrogen and oxygen atoms in total. The van der Waals surface area contributed by atoms with Crippen LogP contribution in [0, 0.1) is 11.8 Å². The number of alkyl carbamates (subject to hydrolysis) is 1. The molecule has 0 unspecified atom stereocenters. The Morgan fingerprint density at radius 2 is 1.86 bits per heavy atom. The largest absolute Gasteiger partial charge is 0.494 e. The standard InChI is InChI=1S/C26H39F2N3O4/c1-18(19-9-13-29-14-10-19)11-16-34-21-7-5-20(6-8-21)22(30-24(33)35-25(2,3)4)23(32)31-15-12-26(27,28)17-31/h5-8,18-19,22,29H,9-17H2,1-4H3,(H,30,33)/t18-,22+/m1/s1. The summed E-state index contributed by atoms with van der Waals surface area (Å²) < 4.78 is 38.7. The SMILES string of the molecule is C[C@H](CCOc1ccc([C@H](NC(=O)OC(C)(C)C)C(=O)N2CCC(F)(F)C2)cc1)C1CCNCC1. The fourth-order valence-electron chi connectivity index (χ4n) is 4.59. The van der Waals surface area contributed by atoms with E-state index in [2.05, 4.69) is 17.6 Å². The monoisotopic (exact) mass is 495 g/mol. The smallest absolute Gasteiger partial charge is 0.408 e. The van der Waals surface area contributed by atoms with Crippen molar-refractivity contribution in [1.82, 2.24) is 15.5 Å². The zero-order chi connectivity index (χ0) is 25.6. The van der Waals surface area contributed by atoms with Gasteiger partial charge in [0.25, 0.3) is 5.92 Å². The van der Waals surface area contributed by atoms with Crippen LogP contribution in [0.25, 0.3) is 0 Å². The Morgan fingerprint density at radius 3 is 2.43 bits per heavy atom. The van der Waals surface area contributed by atoms with E-state index in [4.69, 9.17) is 9.47 Å². The second-order valence-corrected chi connectivity index (χ2v) is 10.7. The molecule has 1 aromatic rings. The Kier molecular flexibility index (Phi) is 8.96. The molecule has 35 heavy (non-hydrogen) atoms. The molecular formula is C26H39F2N3O4. The van der Waals surface area contributed by atoms with E-state index in [9.17, 15) is 18.4 Å². The maximum atomic E-state index is 13.7. The van der Waals surface area contributed by atoms with Gasteiger partial charge in [0, 0.05) is 13.0 Å². The summed E-state index contributed by atoms with van der Waals surface area (Å²) in [7, 11) is 0. The van der Waals surface area contributed by atoms with Crippen LogP contribution in [0.15, 0.2) is 24.3 Å². The second kappa shape index (κ2) is 11.5. The van der Waals surface area contributed by atoms with Crippen molar-refractivity contribution < 1.29 is 27.8 Å². The van der Waals surface area contributed by atoms with Gasteiger partial charge in [0.1, 0.15) is 17.4 Å². The van der Waals surface area contributed by atoms with E-state index in [1.54, 1.807) is 45.0 Å². The quantitative estimate of drug-likeness (QED) is 0.554. The Hall–Kier alpha value is -2.42. The van der Waals surface area contributed by atoms with E-state index in [0.717, 1.165) is 24.4 Å². The van der Waals surface area contributed by atoms with Crippen molar-refractivity contribution in [2.75, 3.05) is 32.8 Å². The molecule has 0 saturated carbocycles. The minimum Gasteiger partial charge on any atom is -0.494 e. The number of hydrogen-bond donors (Lipinski definition) is 2. The van der Waals surface area contributed by atoms with Gasteiger partial charge < -0.3 is 25.0 Å². The minimum atomic E-state index is -2.92. The molecule has 2 aliphatic heterocycles. The molecule has 2 atom stereocenters. The molecule has 2 amide bonds. The normalized spacial score (nSPS) is 20.2. The van der Waals surface area contributed by atoms with E-state index in [1.165, 1.54) is 12.8 Å². The number of nitrogens with one attached hydrogen (secondary N) is 2. The van der Waals surface area contributed by atoms with Crippen LogP contribution in [-0.2, 0) is 9.53 Å². The average Bonchev–Trinajstić information content (AvgIpc) is 3.16. The van der Waals surface area contributed by atoms with Gasteiger partial charge in [-0.05, 0) is 82.7 Å². The summed E-state index contributed by atoms with van der Waals surface area (Å²) in [6.45, 7) is 9.42. The first kappa shape index (κ1) is 27.2. The molecule has 196 valence electrons. The Morgan fingerprint density at radius 1 is 1.20 bits per heavy atom. The zero-order valence-corrected chi connectivity index (χ0v) is 21.2. The van der Waals surface area contributed by atoms with Gasteiger partial charge in [0.2, 0.25) is 5.91 Å². The fraction of sp³-hybridized carbons (Fsp3) is 0.692. The highest BCUT2D eigenvalue weighted by molar-refractivity contribution is 5.87. The minimum absolute atomic E-state index is 0.0607. The highest BCUT2D eigenvalue weighted by atomic mass is 19.3. The van der Waals surface area contributed by atoms with Crippen LogP contribution in [0.1, 0.15) is 65.0 Å². The number of carbonyl (C=O) groups excluding carboxylic acids is 2. The number of halogens is 2. The zero-order valence-electron chi connectivity index (χ0n) is 21.2. The third-order valence-corrected chi connectivity index (χ3v) is 6.63. The molecule has 2 N–H and O–H groups in total. The summed E-state index contributed by atoms with van der Waals surface area (Å²) in [5.41, 5.74) is -0.284. The first-order valence-electron chi connectivity index (χ1n) is 12.5. The van der Waals surface area contributed by atoms with Crippen molar-refractivity contribution in [2.24, 2.45) is 11.8 Å². The number of nitrogens with zero attached hydrogens (tertiary/aromatic N) is 1. The third kappa shape index (κ3) is 8.33. The molecule has 3 rings (SSSR count). The van der Waals surface area contributed by atoms with Gasteiger partial charge in [-0.25, -0.2) is 13.6 Å². The molecule has 1 aromatic carbocycles. The van der Waals surface area contributed by atoms with Gasteiger partial charge in [0.05, 0.1) is 13.2 Å².